The van der Waals surface area contributed by atoms with Crippen LogP contribution in [0.5, 0.6) is 0 Å². The van der Waals surface area contributed by atoms with Gasteiger partial charge >= 0.3 is 0 Å². The first-order valence-corrected chi connectivity index (χ1v) is 12.5. The van der Waals surface area contributed by atoms with Gasteiger partial charge in [-0.05, 0) is 55.7 Å². The van der Waals surface area contributed by atoms with Crippen molar-refractivity contribution in [2.45, 2.75) is 52.5 Å². The highest BCUT2D eigenvalue weighted by Crippen LogP contribution is 2.28. The van der Waals surface area contributed by atoms with E-state index in [-0.39, 0.29) is 17.5 Å². The van der Waals surface area contributed by atoms with E-state index in [0.29, 0.717) is 35.3 Å². The minimum Gasteiger partial charge on any atom is -0.328 e. The fraction of sp³-hybridized carbons (Fsp3) is 0.300. The third kappa shape index (κ3) is 5.04. The first kappa shape index (κ1) is 24.4. The van der Waals surface area contributed by atoms with Crippen LogP contribution in [0.25, 0.3) is 16.6 Å². The van der Waals surface area contributed by atoms with Gasteiger partial charge in [0, 0.05) is 12.1 Å². The number of unbranched alkanes of at least 4 members (excludes halogenated alkanes) is 2. The molecule has 180 valence electrons. The molecule has 0 N–H and O–H groups in total. The minimum absolute atomic E-state index is 0.0203. The van der Waals surface area contributed by atoms with Crippen molar-refractivity contribution in [3.8, 4) is 5.69 Å². The molecule has 1 amide bonds. The van der Waals surface area contributed by atoms with E-state index in [0.717, 1.165) is 30.5 Å². The van der Waals surface area contributed by atoms with Crippen LogP contribution in [0, 0.1) is 6.92 Å². The number of benzene rings is 3. The molecule has 5 heteroatoms. The van der Waals surface area contributed by atoms with E-state index in [1.165, 1.54) is 0 Å². The van der Waals surface area contributed by atoms with Crippen LogP contribution in [-0.4, -0.2) is 26.9 Å². The lowest BCUT2D eigenvalue weighted by Gasteiger charge is -2.33. The van der Waals surface area contributed by atoms with Gasteiger partial charge in [-0.25, -0.2) is 4.98 Å². The van der Waals surface area contributed by atoms with Crippen LogP contribution in [0.4, 0.5) is 0 Å². The number of nitrogens with zero attached hydrogens (tertiary/aromatic N) is 3. The predicted molar refractivity (Wildman–Crippen MR) is 142 cm³/mol. The molecule has 1 aromatic heterocycles. The van der Waals surface area contributed by atoms with Crippen LogP contribution in [0.2, 0.25) is 0 Å². The maximum Gasteiger partial charge on any atom is 0.266 e. The molecule has 0 saturated carbocycles. The van der Waals surface area contributed by atoms with Crippen molar-refractivity contribution < 1.29 is 4.79 Å². The molecule has 0 aliphatic heterocycles. The highest BCUT2D eigenvalue weighted by Gasteiger charge is 2.30. The second kappa shape index (κ2) is 11.1. The first-order chi connectivity index (χ1) is 17.1. The van der Waals surface area contributed by atoms with Crippen molar-refractivity contribution in [1.29, 1.82) is 0 Å². The van der Waals surface area contributed by atoms with Crippen molar-refractivity contribution in [2.24, 2.45) is 0 Å². The van der Waals surface area contributed by atoms with Gasteiger partial charge < -0.3 is 4.90 Å². The maximum atomic E-state index is 13.9. The van der Waals surface area contributed by atoms with E-state index in [1.54, 1.807) is 4.57 Å². The molecule has 0 aliphatic rings. The molecule has 4 aromatic rings. The van der Waals surface area contributed by atoms with Crippen LogP contribution < -0.4 is 5.56 Å². The molecule has 1 unspecified atom stereocenters. The largest absolute Gasteiger partial charge is 0.328 e. The van der Waals surface area contributed by atoms with Gasteiger partial charge in [-0.15, -0.1) is 0 Å². The van der Waals surface area contributed by atoms with E-state index >= 15 is 0 Å². The van der Waals surface area contributed by atoms with Gasteiger partial charge in [-0.2, -0.15) is 0 Å². The third-order valence-corrected chi connectivity index (χ3v) is 6.52. The van der Waals surface area contributed by atoms with Crippen molar-refractivity contribution in [3.05, 3.63) is 106 Å². The van der Waals surface area contributed by atoms with Crippen LogP contribution in [0.3, 0.4) is 0 Å². The summed E-state index contributed by atoms with van der Waals surface area (Å²) in [6, 6.07) is 24.4. The van der Waals surface area contributed by atoms with Gasteiger partial charge in [0.15, 0.2) is 0 Å². The molecular weight excluding hydrogens is 434 g/mol. The molecule has 1 atom stereocenters. The average molecular weight is 468 g/mol. The number of carbonyl (C=O) groups is 1. The molecular formula is C30H33N3O2. The van der Waals surface area contributed by atoms with Crippen molar-refractivity contribution in [2.75, 3.05) is 6.54 Å². The lowest BCUT2D eigenvalue weighted by molar-refractivity contribution is 0.0654. The topological polar surface area (TPSA) is 55.2 Å². The van der Waals surface area contributed by atoms with Crippen molar-refractivity contribution in [1.82, 2.24) is 14.5 Å². The quantitative estimate of drug-likeness (QED) is 0.265. The Bertz CT molecular complexity index is 1360. The Morgan fingerprint density at radius 3 is 2.31 bits per heavy atom. The van der Waals surface area contributed by atoms with Crippen LogP contribution >= 0.6 is 0 Å². The van der Waals surface area contributed by atoms with E-state index in [1.807, 2.05) is 90.7 Å². The van der Waals surface area contributed by atoms with E-state index < -0.39 is 0 Å². The zero-order chi connectivity index (χ0) is 24.8. The van der Waals surface area contributed by atoms with Crippen LogP contribution in [-0.2, 0) is 0 Å². The summed E-state index contributed by atoms with van der Waals surface area (Å²) in [5.74, 6) is 0.578. The predicted octanol–water partition coefficient (Wildman–Crippen LogP) is 6.48. The second-order valence-corrected chi connectivity index (χ2v) is 8.91. The summed E-state index contributed by atoms with van der Waals surface area (Å²) in [6.07, 6.45) is 3.63. The summed E-state index contributed by atoms with van der Waals surface area (Å²) in [4.78, 5) is 34.6. The number of fused-ring (bicyclic) bond motifs is 1. The van der Waals surface area contributed by atoms with Gasteiger partial charge in [0.1, 0.15) is 5.82 Å². The molecule has 3 aromatic carbocycles. The normalized spacial score (nSPS) is 12.0. The summed E-state index contributed by atoms with van der Waals surface area (Å²) >= 11 is 0. The van der Waals surface area contributed by atoms with Crippen LogP contribution in [0.15, 0.2) is 83.7 Å². The lowest BCUT2D eigenvalue weighted by atomic mass is 10.0. The van der Waals surface area contributed by atoms with Gasteiger partial charge in [0.05, 0.1) is 22.6 Å². The Labute approximate surface area is 207 Å². The summed E-state index contributed by atoms with van der Waals surface area (Å²) < 4.78 is 1.69. The highest BCUT2D eigenvalue weighted by molar-refractivity contribution is 5.96. The number of rotatable bonds is 9. The van der Waals surface area contributed by atoms with Crippen molar-refractivity contribution in [3.63, 3.8) is 0 Å². The molecule has 35 heavy (non-hydrogen) atoms. The lowest BCUT2D eigenvalue weighted by Crippen LogP contribution is -2.39. The van der Waals surface area contributed by atoms with E-state index in [2.05, 4.69) is 13.8 Å². The van der Waals surface area contributed by atoms with Crippen LogP contribution in [0.1, 0.15) is 67.3 Å². The summed E-state index contributed by atoms with van der Waals surface area (Å²) in [6.45, 7) is 6.78. The Morgan fingerprint density at radius 1 is 0.914 bits per heavy atom. The minimum atomic E-state index is -0.350. The van der Waals surface area contributed by atoms with Gasteiger partial charge in [-0.1, -0.05) is 75.2 Å². The molecule has 5 nitrogen and oxygen atoms in total. The Balaban J connectivity index is 1.92. The standard InChI is InChI=1S/C30H33N3O2/c1-4-6-14-21-32(29(34)24-18-11-10-15-22(24)3)27(5-2)28-31-26-20-13-12-19-25(26)30(35)33(28)23-16-8-7-9-17-23/h7-13,15-20,27H,4-6,14,21H2,1-3H3. The number of hydrogen-bond acceptors (Lipinski definition) is 3. The second-order valence-electron chi connectivity index (χ2n) is 8.91. The first-order valence-electron chi connectivity index (χ1n) is 12.5. The summed E-state index contributed by atoms with van der Waals surface area (Å²) in [7, 11) is 0. The molecule has 0 aliphatic carbocycles. The molecule has 0 radical (unpaired) electrons. The number of para-hydroxylation sites is 2. The third-order valence-electron chi connectivity index (χ3n) is 6.52. The summed E-state index contributed by atoms with van der Waals surface area (Å²) in [5, 5.41) is 0.567. The Morgan fingerprint density at radius 2 is 1.60 bits per heavy atom. The molecule has 0 bridgehead atoms. The molecule has 0 saturated heterocycles. The molecule has 1 heterocycles. The number of hydrogen-bond donors (Lipinski definition) is 0. The zero-order valence-electron chi connectivity index (χ0n) is 20.8. The fourth-order valence-electron chi connectivity index (χ4n) is 4.64. The van der Waals surface area contributed by atoms with Crippen molar-refractivity contribution >= 4 is 16.8 Å². The number of aromatic nitrogens is 2. The van der Waals surface area contributed by atoms with Gasteiger partial charge in [-0.3, -0.25) is 14.2 Å². The smallest absolute Gasteiger partial charge is 0.266 e. The molecule has 4 rings (SSSR count). The fourth-order valence-corrected chi connectivity index (χ4v) is 4.64. The van der Waals surface area contributed by atoms with E-state index in [4.69, 9.17) is 4.98 Å². The number of carbonyl (C=O) groups excluding carboxylic acids is 1. The summed E-state index contributed by atoms with van der Waals surface area (Å²) in [5.41, 5.74) is 2.92. The molecule has 0 spiro atoms. The average Bonchev–Trinajstić information content (AvgIpc) is 2.89. The number of aryl methyl sites for hydroxylation is 1. The molecule has 0 fully saturated rings. The maximum absolute atomic E-state index is 13.9. The van der Waals surface area contributed by atoms with Gasteiger partial charge in [0.25, 0.3) is 11.5 Å². The van der Waals surface area contributed by atoms with Gasteiger partial charge in [0.2, 0.25) is 0 Å². The Hall–Kier alpha value is -3.73. The Kier molecular flexibility index (Phi) is 7.76. The highest BCUT2D eigenvalue weighted by atomic mass is 16.2. The zero-order valence-corrected chi connectivity index (χ0v) is 20.8. The monoisotopic (exact) mass is 467 g/mol. The SMILES string of the molecule is CCCCCN(C(=O)c1ccccc1C)C(CC)c1nc2ccccc2c(=O)n1-c1ccccc1. The number of amides is 1. The van der Waals surface area contributed by atoms with E-state index in [9.17, 15) is 9.59 Å².